The van der Waals surface area contributed by atoms with Gasteiger partial charge in [0.2, 0.25) is 0 Å². The van der Waals surface area contributed by atoms with Gasteiger partial charge in [-0.25, -0.2) is 4.68 Å². The summed E-state index contributed by atoms with van der Waals surface area (Å²) < 4.78 is 2.20. The molecular formula is C22H14N4O3. The monoisotopic (exact) mass is 382 g/mol. The molecule has 0 saturated carbocycles. The lowest BCUT2D eigenvalue weighted by Gasteiger charge is -2.19. The van der Waals surface area contributed by atoms with Gasteiger partial charge in [-0.15, -0.1) is 0 Å². The highest BCUT2D eigenvalue weighted by molar-refractivity contribution is 5.90. The predicted molar refractivity (Wildman–Crippen MR) is 109 cm³/mol. The highest BCUT2D eigenvalue weighted by Crippen LogP contribution is 2.40. The topological polar surface area (TPSA) is 114 Å². The summed E-state index contributed by atoms with van der Waals surface area (Å²) in [5, 5.41) is 22.5. The molecule has 0 fully saturated rings. The average Bonchev–Trinajstić information content (AvgIpc) is 3.04. The Bertz CT molecular complexity index is 1540. The SMILES string of the molecule is N#CC1=C(N)n2c(=O)c3ccccc3c(=O)n2C1c1c(O)ccc2ccccc12. The highest BCUT2D eigenvalue weighted by Gasteiger charge is 2.36. The van der Waals surface area contributed by atoms with E-state index in [1.807, 2.05) is 18.2 Å². The van der Waals surface area contributed by atoms with Gasteiger partial charge >= 0.3 is 0 Å². The van der Waals surface area contributed by atoms with Gasteiger partial charge in [0.25, 0.3) is 11.1 Å². The molecule has 0 bridgehead atoms. The second kappa shape index (κ2) is 5.84. The van der Waals surface area contributed by atoms with Crippen molar-refractivity contribution < 1.29 is 5.11 Å². The van der Waals surface area contributed by atoms with Gasteiger partial charge in [0.05, 0.1) is 10.8 Å². The van der Waals surface area contributed by atoms with Crippen molar-refractivity contribution in [1.29, 1.82) is 5.26 Å². The molecule has 0 aliphatic carbocycles. The third kappa shape index (κ3) is 2.11. The smallest absolute Gasteiger partial charge is 0.279 e. The van der Waals surface area contributed by atoms with Crippen LogP contribution in [0, 0.1) is 11.3 Å². The number of aromatic hydroxyl groups is 1. The Labute approximate surface area is 163 Å². The molecule has 0 radical (unpaired) electrons. The molecule has 3 N–H and O–H groups in total. The number of nitrogens with zero attached hydrogens (tertiary/aromatic N) is 3. The normalized spacial score (nSPS) is 15.6. The molecule has 1 aliphatic heterocycles. The van der Waals surface area contributed by atoms with E-state index in [9.17, 15) is 20.0 Å². The standard InChI is InChI=1S/C22H14N4O3/c23-11-16-19(18-13-6-2-1-5-12(13)9-10-17(18)27)25-21(28)14-7-3-4-8-15(14)22(29)26(25)20(16)24/h1-10,19,27H,24H2. The van der Waals surface area contributed by atoms with Crippen molar-refractivity contribution in [3.8, 4) is 11.8 Å². The number of phenols is 1. The number of phenolic OH excluding ortho intramolecular Hbond substituents is 1. The minimum atomic E-state index is -1.02. The molecule has 5 rings (SSSR count). The van der Waals surface area contributed by atoms with E-state index in [-0.39, 0.29) is 27.9 Å². The number of hydrogen-bond acceptors (Lipinski definition) is 5. The van der Waals surface area contributed by atoms with Gasteiger partial charge in [-0.05, 0) is 29.0 Å². The number of fused-ring (bicyclic) bond motifs is 3. The third-order valence-corrected chi connectivity index (χ3v) is 5.37. The maximum absolute atomic E-state index is 13.3. The van der Waals surface area contributed by atoms with Crippen molar-refractivity contribution in [1.82, 2.24) is 9.36 Å². The van der Waals surface area contributed by atoms with Crippen LogP contribution in [0.1, 0.15) is 11.6 Å². The van der Waals surface area contributed by atoms with Crippen LogP contribution in [0.5, 0.6) is 5.75 Å². The van der Waals surface area contributed by atoms with Crippen LogP contribution in [0.15, 0.2) is 75.8 Å². The molecule has 2 heterocycles. The third-order valence-electron chi connectivity index (χ3n) is 5.37. The number of rotatable bonds is 1. The van der Waals surface area contributed by atoms with Gasteiger partial charge in [-0.1, -0.05) is 42.5 Å². The Morgan fingerprint density at radius 3 is 2.21 bits per heavy atom. The van der Waals surface area contributed by atoms with Crippen LogP contribution in [-0.4, -0.2) is 14.5 Å². The molecule has 140 valence electrons. The number of hydrogen-bond donors (Lipinski definition) is 2. The molecule has 0 saturated heterocycles. The summed E-state index contributed by atoms with van der Waals surface area (Å²) in [6, 6.07) is 18.0. The van der Waals surface area contributed by atoms with Crippen molar-refractivity contribution >= 4 is 27.4 Å². The van der Waals surface area contributed by atoms with Crippen LogP contribution < -0.4 is 16.9 Å². The lowest BCUT2D eigenvalue weighted by atomic mass is 9.93. The summed E-state index contributed by atoms with van der Waals surface area (Å²) in [4.78, 5) is 26.4. The molecule has 1 aromatic heterocycles. The lowest BCUT2D eigenvalue weighted by molar-refractivity contribution is 0.453. The predicted octanol–water partition coefficient (Wildman–Crippen LogP) is 2.28. The number of benzene rings is 3. The van der Waals surface area contributed by atoms with Gasteiger partial charge in [0, 0.05) is 5.56 Å². The number of aromatic nitrogens is 2. The van der Waals surface area contributed by atoms with Crippen LogP contribution in [0.4, 0.5) is 0 Å². The van der Waals surface area contributed by atoms with Gasteiger partial charge in [-0.2, -0.15) is 9.94 Å². The quantitative estimate of drug-likeness (QED) is 0.524. The Morgan fingerprint density at radius 1 is 0.897 bits per heavy atom. The Kier molecular flexibility index (Phi) is 3.39. The lowest BCUT2D eigenvalue weighted by Crippen LogP contribution is -2.38. The van der Waals surface area contributed by atoms with Crippen LogP contribution in [0.25, 0.3) is 27.4 Å². The molecule has 7 heteroatoms. The van der Waals surface area contributed by atoms with Crippen LogP contribution in [0.3, 0.4) is 0 Å². The first-order valence-corrected chi connectivity index (χ1v) is 8.92. The molecule has 7 nitrogen and oxygen atoms in total. The second-order valence-corrected chi connectivity index (χ2v) is 6.85. The van der Waals surface area contributed by atoms with E-state index < -0.39 is 17.2 Å². The van der Waals surface area contributed by atoms with Crippen LogP contribution in [0.2, 0.25) is 0 Å². The van der Waals surface area contributed by atoms with Crippen molar-refractivity contribution in [3.05, 3.63) is 92.5 Å². The van der Waals surface area contributed by atoms with Crippen molar-refractivity contribution in [2.24, 2.45) is 5.73 Å². The van der Waals surface area contributed by atoms with Crippen molar-refractivity contribution in [2.45, 2.75) is 6.04 Å². The summed E-state index contributed by atoms with van der Waals surface area (Å²) in [6.45, 7) is 0. The zero-order valence-corrected chi connectivity index (χ0v) is 15.0. The Morgan fingerprint density at radius 2 is 1.52 bits per heavy atom. The van der Waals surface area contributed by atoms with E-state index in [1.165, 1.54) is 10.7 Å². The van der Waals surface area contributed by atoms with Gasteiger partial charge in [0.1, 0.15) is 29.3 Å². The summed E-state index contributed by atoms with van der Waals surface area (Å²) in [7, 11) is 0. The molecule has 1 atom stereocenters. The number of allylic oxidation sites excluding steroid dienone is 1. The summed E-state index contributed by atoms with van der Waals surface area (Å²) in [5.41, 5.74) is 5.59. The van der Waals surface area contributed by atoms with Crippen molar-refractivity contribution in [3.63, 3.8) is 0 Å². The average molecular weight is 382 g/mol. The largest absolute Gasteiger partial charge is 0.508 e. The molecule has 4 aromatic rings. The molecule has 0 amide bonds. The number of nitrogens with two attached hydrogens (primary N) is 1. The fourth-order valence-corrected chi connectivity index (χ4v) is 4.07. The molecular weight excluding hydrogens is 368 g/mol. The van der Waals surface area contributed by atoms with Gasteiger partial charge in [0.15, 0.2) is 0 Å². The van der Waals surface area contributed by atoms with E-state index in [2.05, 4.69) is 0 Å². The van der Waals surface area contributed by atoms with E-state index in [0.717, 1.165) is 10.1 Å². The molecule has 29 heavy (non-hydrogen) atoms. The first-order chi connectivity index (χ1) is 14.0. The summed E-state index contributed by atoms with van der Waals surface area (Å²) in [6.07, 6.45) is 0. The molecule has 1 unspecified atom stereocenters. The molecule has 0 spiro atoms. The minimum absolute atomic E-state index is 0.0335. The van der Waals surface area contributed by atoms with E-state index in [4.69, 9.17) is 5.73 Å². The maximum Gasteiger partial charge on any atom is 0.279 e. The zero-order chi connectivity index (χ0) is 20.3. The first-order valence-electron chi connectivity index (χ1n) is 8.92. The minimum Gasteiger partial charge on any atom is -0.508 e. The highest BCUT2D eigenvalue weighted by atomic mass is 16.3. The number of nitriles is 1. The van der Waals surface area contributed by atoms with E-state index >= 15 is 0 Å². The van der Waals surface area contributed by atoms with E-state index in [1.54, 1.807) is 42.5 Å². The fourth-order valence-electron chi connectivity index (χ4n) is 4.07. The first kappa shape index (κ1) is 16.8. The van der Waals surface area contributed by atoms with E-state index in [0.29, 0.717) is 10.9 Å². The van der Waals surface area contributed by atoms with Crippen LogP contribution >= 0.6 is 0 Å². The zero-order valence-electron chi connectivity index (χ0n) is 15.0. The van der Waals surface area contributed by atoms with Crippen LogP contribution in [-0.2, 0) is 0 Å². The molecule has 1 aliphatic rings. The summed E-state index contributed by atoms with van der Waals surface area (Å²) in [5.74, 6) is -0.201. The summed E-state index contributed by atoms with van der Waals surface area (Å²) >= 11 is 0. The Balaban J connectivity index is 1.99. The fraction of sp³-hybridized carbons (Fsp3) is 0.0455. The maximum atomic E-state index is 13.3. The molecule has 3 aromatic carbocycles. The van der Waals surface area contributed by atoms with Gasteiger partial charge < -0.3 is 10.8 Å². The second-order valence-electron chi connectivity index (χ2n) is 6.85. The van der Waals surface area contributed by atoms with Crippen molar-refractivity contribution in [2.75, 3.05) is 0 Å². The van der Waals surface area contributed by atoms with Gasteiger partial charge in [-0.3, -0.25) is 9.59 Å². The Hall–Kier alpha value is -4.31.